The van der Waals surface area contributed by atoms with Crippen LogP contribution in [0.25, 0.3) is 0 Å². The molecule has 1 aromatic carbocycles. The molecule has 0 atom stereocenters. The standard InChI is InChI=1S/C16H23N2O3P/c1-5-20-22(19,21-6-2)14-12-17-15(18-16(14,3)4)13-10-8-7-9-11-13/h7-12H,5-6H2,1-4H3,(H,17,18). The van der Waals surface area contributed by atoms with Crippen molar-refractivity contribution in [2.24, 2.45) is 4.99 Å². The van der Waals surface area contributed by atoms with Crippen LogP contribution in [0.15, 0.2) is 46.8 Å². The van der Waals surface area contributed by atoms with E-state index >= 15 is 0 Å². The van der Waals surface area contributed by atoms with Crippen LogP contribution < -0.4 is 5.32 Å². The fourth-order valence-corrected chi connectivity index (χ4v) is 4.33. The number of nitrogens with one attached hydrogen (secondary N) is 1. The van der Waals surface area contributed by atoms with Crippen molar-refractivity contribution in [3.05, 3.63) is 47.4 Å². The highest BCUT2D eigenvalue weighted by molar-refractivity contribution is 7.58. The van der Waals surface area contributed by atoms with Gasteiger partial charge in [-0.2, -0.15) is 0 Å². The van der Waals surface area contributed by atoms with Gasteiger partial charge in [-0.1, -0.05) is 30.3 Å². The molecule has 0 bridgehead atoms. The van der Waals surface area contributed by atoms with Crippen molar-refractivity contribution in [3.8, 4) is 0 Å². The molecule has 0 aromatic heterocycles. The fraction of sp³-hybridized carbons (Fsp3) is 0.438. The predicted octanol–water partition coefficient (Wildman–Crippen LogP) is 3.92. The maximum atomic E-state index is 13.0. The molecule has 0 spiro atoms. The summed E-state index contributed by atoms with van der Waals surface area (Å²) in [6.07, 6.45) is 1.71. The van der Waals surface area contributed by atoms with Gasteiger partial charge in [0.05, 0.1) is 24.1 Å². The average molecular weight is 322 g/mol. The van der Waals surface area contributed by atoms with Crippen molar-refractivity contribution >= 4 is 13.4 Å². The summed E-state index contributed by atoms with van der Waals surface area (Å²) in [5.74, 6) is 0.744. The van der Waals surface area contributed by atoms with Crippen molar-refractivity contribution in [1.29, 1.82) is 0 Å². The molecule has 22 heavy (non-hydrogen) atoms. The molecule has 6 heteroatoms. The van der Waals surface area contributed by atoms with E-state index in [1.165, 1.54) is 0 Å². The lowest BCUT2D eigenvalue weighted by Gasteiger charge is -2.33. The maximum absolute atomic E-state index is 13.0. The molecule has 0 aliphatic carbocycles. The smallest absolute Gasteiger partial charge is 0.346 e. The van der Waals surface area contributed by atoms with Gasteiger partial charge in [0, 0.05) is 11.8 Å². The van der Waals surface area contributed by atoms with Crippen molar-refractivity contribution in [2.45, 2.75) is 33.2 Å². The topological polar surface area (TPSA) is 59.9 Å². The second-order valence-corrected chi connectivity index (χ2v) is 7.39. The van der Waals surface area contributed by atoms with Crippen LogP contribution in [0.4, 0.5) is 0 Å². The third kappa shape index (κ3) is 3.49. The molecule has 0 amide bonds. The summed E-state index contributed by atoms with van der Waals surface area (Å²) < 4.78 is 23.9. The second-order valence-electron chi connectivity index (χ2n) is 5.39. The Morgan fingerprint density at radius 3 is 2.23 bits per heavy atom. The number of amidine groups is 1. The summed E-state index contributed by atoms with van der Waals surface area (Å²) in [7, 11) is -3.34. The third-order valence-electron chi connectivity index (χ3n) is 3.30. The Kier molecular flexibility index (Phi) is 5.22. The first-order valence-electron chi connectivity index (χ1n) is 7.45. The zero-order valence-electron chi connectivity index (χ0n) is 13.5. The summed E-state index contributed by atoms with van der Waals surface area (Å²) in [5, 5.41) is 3.66. The molecular formula is C16H23N2O3P. The maximum Gasteiger partial charge on any atom is 0.361 e. The summed E-state index contributed by atoms with van der Waals surface area (Å²) in [6.45, 7) is 8.06. The number of benzene rings is 1. The van der Waals surface area contributed by atoms with Crippen molar-refractivity contribution in [1.82, 2.24) is 5.32 Å². The van der Waals surface area contributed by atoms with Crippen LogP contribution in [0.1, 0.15) is 33.3 Å². The molecule has 2 rings (SSSR count). The quantitative estimate of drug-likeness (QED) is 0.806. The molecule has 120 valence electrons. The number of hydrogen-bond donors (Lipinski definition) is 1. The van der Waals surface area contributed by atoms with Gasteiger partial charge in [0.25, 0.3) is 0 Å². The Balaban J connectivity index is 2.35. The van der Waals surface area contributed by atoms with Crippen LogP contribution >= 0.6 is 7.60 Å². The van der Waals surface area contributed by atoms with E-state index in [-0.39, 0.29) is 0 Å². The first-order valence-corrected chi connectivity index (χ1v) is 8.99. The molecule has 1 aliphatic rings. The van der Waals surface area contributed by atoms with E-state index in [4.69, 9.17) is 14.0 Å². The van der Waals surface area contributed by atoms with Crippen LogP contribution in [0.5, 0.6) is 0 Å². The lowest BCUT2D eigenvalue weighted by atomic mass is 10.0. The minimum atomic E-state index is -3.34. The van der Waals surface area contributed by atoms with E-state index in [1.807, 2.05) is 44.2 Å². The molecule has 1 aromatic rings. The first-order chi connectivity index (χ1) is 10.4. The van der Waals surface area contributed by atoms with Crippen LogP contribution in [0, 0.1) is 0 Å². The fourth-order valence-electron chi connectivity index (χ4n) is 2.36. The zero-order valence-corrected chi connectivity index (χ0v) is 14.4. The SMILES string of the molecule is CCOP(=O)(OCC)C1=CNC(c2ccccc2)=NC1(C)C. The molecule has 0 saturated carbocycles. The summed E-state index contributed by atoms with van der Waals surface area (Å²) in [5.41, 5.74) is 0.310. The lowest BCUT2D eigenvalue weighted by Crippen LogP contribution is -2.34. The molecule has 0 saturated heterocycles. The molecule has 0 radical (unpaired) electrons. The molecule has 1 N–H and O–H groups in total. The highest BCUT2D eigenvalue weighted by Crippen LogP contribution is 2.60. The third-order valence-corrected chi connectivity index (χ3v) is 5.77. The highest BCUT2D eigenvalue weighted by atomic mass is 31.2. The second kappa shape index (κ2) is 6.78. The Morgan fingerprint density at radius 2 is 1.73 bits per heavy atom. The molecule has 0 unspecified atom stereocenters. The van der Waals surface area contributed by atoms with Gasteiger partial charge < -0.3 is 14.4 Å². The Hall–Kier alpha value is -1.42. The number of aliphatic imine (C=N–C) groups is 1. The number of rotatable bonds is 6. The van der Waals surface area contributed by atoms with Crippen molar-refractivity contribution in [3.63, 3.8) is 0 Å². The van der Waals surface area contributed by atoms with E-state index in [1.54, 1.807) is 20.0 Å². The van der Waals surface area contributed by atoms with E-state index in [0.29, 0.717) is 18.5 Å². The van der Waals surface area contributed by atoms with E-state index in [2.05, 4.69) is 5.32 Å². The van der Waals surface area contributed by atoms with Crippen LogP contribution in [-0.4, -0.2) is 24.6 Å². The van der Waals surface area contributed by atoms with Crippen LogP contribution in [-0.2, 0) is 13.6 Å². The summed E-state index contributed by atoms with van der Waals surface area (Å²) in [4.78, 5) is 4.70. The Labute approximate surface area is 132 Å². The van der Waals surface area contributed by atoms with Gasteiger partial charge in [0.1, 0.15) is 5.84 Å². The zero-order chi connectivity index (χ0) is 16.2. The normalized spacial score (nSPS) is 17.5. The van der Waals surface area contributed by atoms with Gasteiger partial charge in [-0.05, 0) is 27.7 Å². The minimum Gasteiger partial charge on any atom is -0.346 e. The number of nitrogens with zero attached hydrogens (tertiary/aromatic N) is 1. The minimum absolute atomic E-state index is 0.319. The van der Waals surface area contributed by atoms with Gasteiger partial charge in [-0.25, -0.2) is 0 Å². The Bertz CT molecular complexity index is 614. The van der Waals surface area contributed by atoms with E-state index in [0.717, 1.165) is 11.4 Å². The van der Waals surface area contributed by atoms with Crippen LogP contribution in [0.3, 0.4) is 0 Å². The Morgan fingerprint density at radius 1 is 1.14 bits per heavy atom. The predicted molar refractivity (Wildman–Crippen MR) is 89.1 cm³/mol. The first kappa shape index (κ1) is 16.9. The van der Waals surface area contributed by atoms with E-state index in [9.17, 15) is 4.57 Å². The molecule has 0 fully saturated rings. The summed E-state index contributed by atoms with van der Waals surface area (Å²) in [6, 6.07) is 9.82. The van der Waals surface area contributed by atoms with Gasteiger partial charge in [0.2, 0.25) is 0 Å². The van der Waals surface area contributed by atoms with Crippen molar-refractivity contribution in [2.75, 3.05) is 13.2 Å². The van der Waals surface area contributed by atoms with Gasteiger partial charge in [-0.3, -0.25) is 9.56 Å². The van der Waals surface area contributed by atoms with Gasteiger partial charge in [0.15, 0.2) is 0 Å². The molecular weight excluding hydrogens is 299 g/mol. The van der Waals surface area contributed by atoms with Gasteiger partial charge >= 0.3 is 7.60 Å². The number of hydrogen-bond acceptors (Lipinski definition) is 5. The monoisotopic (exact) mass is 322 g/mol. The molecule has 5 nitrogen and oxygen atoms in total. The molecule has 1 aliphatic heterocycles. The lowest BCUT2D eigenvalue weighted by molar-refractivity contribution is 0.223. The molecule has 1 heterocycles. The highest BCUT2D eigenvalue weighted by Gasteiger charge is 2.42. The van der Waals surface area contributed by atoms with E-state index < -0.39 is 13.1 Å². The summed E-state index contributed by atoms with van der Waals surface area (Å²) >= 11 is 0. The van der Waals surface area contributed by atoms with Crippen molar-refractivity contribution < 1.29 is 13.6 Å². The van der Waals surface area contributed by atoms with Gasteiger partial charge in [-0.15, -0.1) is 0 Å². The van der Waals surface area contributed by atoms with Crippen LogP contribution in [0.2, 0.25) is 0 Å². The average Bonchev–Trinajstić information content (AvgIpc) is 2.47. The largest absolute Gasteiger partial charge is 0.361 e.